The molecule has 0 unspecified atom stereocenters. The summed E-state index contributed by atoms with van der Waals surface area (Å²) in [4.78, 5) is 34.6. The molecule has 3 aromatic rings. The number of hydrogen-bond acceptors (Lipinski definition) is 11. The second kappa shape index (κ2) is 38.3. The van der Waals surface area contributed by atoms with Crippen molar-refractivity contribution in [2.24, 2.45) is 0 Å². The number of halogens is 3. The molecule has 0 saturated heterocycles. The summed E-state index contributed by atoms with van der Waals surface area (Å²) in [5.74, 6) is -2.20. The molecule has 17 heteroatoms. The van der Waals surface area contributed by atoms with Crippen LogP contribution < -0.4 is 16.4 Å². The van der Waals surface area contributed by atoms with Crippen molar-refractivity contribution in [3.05, 3.63) is 89.5 Å². The number of para-hydroxylation sites is 3. The minimum atomic E-state index is -1.67. The van der Waals surface area contributed by atoms with E-state index in [9.17, 15) is 14.4 Å². The highest BCUT2D eigenvalue weighted by atomic mass is 79.9. The number of anilines is 3. The van der Waals surface area contributed by atoms with E-state index in [1.54, 1.807) is 42.5 Å². The van der Waals surface area contributed by atoms with Crippen molar-refractivity contribution >= 4 is 81.5 Å². The lowest BCUT2D eigenvalue weighted by Crippen LogP contribution is -2.21. The number of benzene rings is 3. The van der Waals surface area contributed by atoms with E-state index in [4.69, 9.17) is 35.1 Å². The fraction of sp³-hybridized carbons (Fsp3) is 0.417. The number of nitrogens with one attached hydrogen (secondary N) is 2. The Kier molecular flexibility index (Phi) is 42.5. The van der Waals surface area contributed by atoms with Gasteiger partial charge >= 0.3 is 17.9 Å². The maximum absolute atomic E-state index is 11.2. The number of rotatable bonds is 9. The number of aliphatic hydroxyl groups excluding tert-OH is 2. The van der Waals surface area contributed by atoms with Crippen molar-refractivity contribution in [2.45, 2.75) is 43.1 Å². The lowest BCUT2D eigenvalue weighted by atomic mass is 10.2. The highest BCUT2D eigenvalue weighted by molar-refractivity contribution is 9.09. The van der Waals surface area contributed by atoms with Gasteiger partial charge in [-0.15, -0.1) is 0 Å². The smallest absolute Gasteiger partial charge is 0.340 e. The van der Waals surface area contributed by atoms with Crippen LogP contribution in [0.25, 0.3) is 0 Å². The highest BCUT2D eigenvalue weighted by Crippen LogP contribution is 2.17. The second-order valence-electron chi connectivity index (χ2n) is 9.22. The molecule has 0 spiro atoms. The number of carbonyl (C=O) groups excluding carboxylic acids is 1. The summed E-state index contributed by atoms with van der Waals surface area (Å²) in [7, 11) is 7.36. The predicted molar refractivity (Wildman–Crippen MR) is 233 cm³/mol. The first-order valence-corrected chi connectivity index (χ1v) is 19.1. The Hall–Kier alpha value is -3.44. The van der Waals surface area contributed by atoms with Crippen molar-refractivity contribution in [3.63, 3.8) is 0 Å². The molecule has 0 radical (unpaired) electrons. The van der Waals surface area contributed by atoms with Gasteiger partial charge in [-0.3, -0.25) is 0 Å². The number of carboxylic acid groups (broad SMARTS) is 2. The van der Waals surface area contributed by atoms with Crippen LogP contribution in [-0.4, -0.2) is 105 Å². The summed E-state index contributed by atoms with van der Waals surface area (Å²) in [6, 6.07) is 20.3. The molecule has 0 atom stereocenters. The minimum Gasteiger partial charge on any atom is -0.478 e. The largest absolute Gasteiger partial charge is 0.478 e. The average molecular weight is 884 g/mol. The quantitative estimate of drug-likeness (QED) is 0.0466. The van der Waals surface area contributed by atoms with Crippen LogP contribution in [0.4, 0.5) is 17.1 Å². The van der Waals surface area contributed by atoms with Crippen molar-refractivity contribution in [2.75, 3.05) is 74.2 Å². The van der Waals surface area contributed by atoms with Gasteiger partial charge in [0.05, 0.1) is 29.9 Å². The van der Waals surface area contributed by atoms with Gasteiger partial charge in [-0.05, 0) is 56.0 Å². The highest BCUT2D eigenvalue weighted by Gasteiger charge is 2.14. The third-order valence-corrected chi connectivity index (χ3v) is 6.35. The number of alkyl halides is 1. The lowest BCUT2D eigenvalue weighted by Gasteiger charge is -2.13. The van der Waals surface area contributed by atoms with Gasteiger partial charge < -0.3 is 46.4 Å². The van der Waals surface area contributed by atoms with Gasteiger partial charge in [0.2, 0.25) is 9.23 Å². The molecule has 13 nitrogen and oxygen atoms in total. The zero-order chi connectivity index (χ0) is 38.3. The summed E-state index contributed by atoms with van der Waals surface area (Å²) in [6.45, 7) is 11.8. The number of nitrogen functional groups attached to an aromatic ring is 1. The number of aromatic carboxylic acids is 2. The van der Waals surface area contributed by atoms with Crippen LogP contribution in [0.15, 0.2) is 72.8 Å². The fourth-order valence-corrected chi connectivity index (χ4v) is 3.60. The van der Waals surface area contributed by atoms with E-state index in [1.165, 1.54) is 31.8 Å². The van der Waals surface area contributed by atoms with E-state index >= 15 is 0 Å². The average Bonchev–Trinajstić information content (AvgIpc) is 3.30. The molecule has 0 aliphatic carbocycles. The Morgan fingerprint density at radius 1 is 0.887 bits per heavy atom. The number of aliphatic hydroxyl groups is 2. The van der Waals surface area contributed by atoms with Gasteiger partial charge in [0, 0.05) is 61.1 Å². The van der Waals surface area contributed by atoms with E-state index in [0.717, 1.165) is 5.69 Å². The number of fused-ring (bicyclic) bond motifs is 1. The SMILES string of the molecule is C.C.C.CCN(CC)CC.Nc1ccccc1C(=O)O.O=C(O)c1ccccc1NCCO.O=C1OCCNc2ccccc21.O=S(Cl)Cl.OCCBr.[2HH].[2HH].[2HH]. The number of nitrogens with zero attached hydrogens (tertiary/aromatic N) is 1. The van der Waals surface area contributed by atoms with Crippen LogP contribution in [0.2, 0.25) is 0 Å². The number of nitrogens with two attached hydrogens (primary N) is 1. The Morgan fingerprint density at radius 2 is 1.34 bits per heavy atom. The Labute approximate surface area is 339 Å². The van der Waals surface area contributed by atoms with Crippen LogP contribution in [0, 0.1) is 0 Å². The third kappa shape index (κ3) is 29.7. The number of ether oxygens (including phenoxy) is 1. The van der Waals surface area contributed by atoms with Crippen LogP contribution in [0.1, 0.15) is 78.4 Å². The topological polar surface area (TPSA) is 212 Å². The number of hydrogen-bond donors (Lipinski definition) is 7. The molecule has 8 N–H and O–H groups in total. The first-order valence-electron chi connectivity index (χ1n) is 15.2. The molecule has 3 aromatic carbocycles. The molecule has 1 aliphatic rings. The standard InChI is InChI=1S/C9H11NO3.C9H9NO2.C7H7NO2.C6H15N.C2H5BrO.3CH4.Cl2OS.3H2/c11-6-5-10-8-4-2-1-3-7(8)9(12)13;11-9-7-3-1-2-4-8(7)10-5-6-12-9;8-6-4-2-1-3-5(6)7(9)10;1-4-7(5-2)6-3;3-1-2-4;;;;1-4(2)3;;;/h1-4,10-11H,5-6H2,(H,12,13);1-4,10H,5-6H2;1-4H,8H2,(H,9,10);4-6H2,1-3H3;4H,1-2H2;3*1H4;;3*1H/i;;;;;;;;;3*1+1. The second-order valence-corrected chi connectivity index (χ2v) is 12.5. The van der Waals surface area contributed by atoms with E-state index in [2.05, 4.69) is 73.6 Å². The summed E-state index contributed by atoms with van der Waals surface area (Å²) >= 11 is 3.00. The molecule has 1 aliphatic heterocycles. The monoisotopic (exact) mass is 881 g/mol. The summed E-state index contributed by atoms with van der Waals surface area (Å²) in [5.41, 5.74) is 8.03. The molecular formula is C36H65BrCl2N4O9S. The fourth-order valence-electron chi connectivity index (χ4n) is 3.60. The molecule has 310 valence electrons. The molecule has 4 rings (SSSR count). The van der Waals surface area contributed by atoms with E-state index in [0.29, 0.717) is 42.0 Å². The maximum atomic E-state index is 11.2. The maximum Gasteiger partial charge on any atom is 0.340 e. The molecule has 1 heterocycles. The predicted octanol–water partition coefficient (Wildman–Crippen LogP) is 8.44. The van der Waals surface area contributed by atoms with Gasteiger partial charge in [-0.1, -0.05) is 95.4 Å². The number of esters is 1. The van der Waals surface area contributed by atoms with Gasteiger partial charge in [-0.25, -0.2) is 18.6 Å². The Morgan fingerprint density at radius 3 is 1.75 bits per heavy atom. The van der Waals surface area contributed by atoms with Crippen LogP contribution >= 0.6 is 37.3 Å². The molecule has 0 amide bonds. The number of carboxylic acids is 2. The van der Waals surface area contributed by atoms with Crippen molar-refractivity contribution in [1.82, 2.24) is 4.90 Å². The zero-order valence-electron chi connectivity index (χ0n) is 28.2. The molecule has 0 saturated carbocycles. The number of carbonyl (C=O) groups is 3. The summed E-state index contributed by atoms with van der Waals surface area (Å²) in [6.07, 6.45) is 0. The minimum absolute atomic E-state index is 0. The zero-order valence-corrected chi connectivity index (χ0v) is 32.1. The molecule has 0 fully saturated rings. The lowest BCUT2D eigenvalue weighted by molar-refractivity contribution is 0.0528. The summed E-state index contributed by atoms with van der Waals surface area (Å²) < 4.78 is 14.0. The van der Waals surface area contributed by atoms with Crippen molar-refractivity contribution < 1.29 is 48.0 Å². The number of cyclic esters (lactones) is 1. The van der Waals surface area contributed by atoms with E-state index in [-0.39, 0.29) is 56.9 Å². The first kappa shape index (κ1) is 58.9. The van der Waals surface area contributed by atoms with Crippen molar-refractivity contribution in [1.29, 1.82) is 0 Å². The third-order valence-electron chi connectivity index (χ3n) is 6.00. The van der Waals surface area contributed by atoms with Gasteiger partial charge in [0.25, 0.3) is 0 Å². The van der Waals surface area contributed by atoms with Crippen molar-refractivity contribution in [3.8, 4) is 0 Å². The van der Waals surface area contributed by atoms with Gasteiger partial charge in [0.1, 0.15) is 6.61 Å². The first-order chi connectivity index (χ1) is 23.8. The van der Waals surface area contributed by atoms with Gasteiger partial charge in [0.15, 0.2) is 0 Å². The van der Waals surface area contributed by atoms with Crippen LogP contribution in [0.5, 0.6) is 0 Å². The van der Waals surface area contributed by atoms with E-state index in [1.807, 2.05) is 18.2 Å². The molecule has 0 bridgehead atoms. The van der Waals surface area contributed by atoms with Crippen LogP contribution in [0.3, 0.4) is 0 Å². The molecular weight excluding hydrogens is 815 g/mol. The normalized spacial score (nSPS) is 10.2. The van der Waals surface area contributed by atoms with E-state index < -0.39 is 21.2 Å². The van der Waals surface area contributed by atoms with Crippen LogP contribution in [-0.2, 0) is 14.0 Å². The Bertz CT molecular complexity index is 1410. The summed E-state index contributed by atoms with van der Waals surface area (Å²) in [5, 5.41) is 40.2. The Balaban J connectivity index is -0.0000000842. The van der Waals surface area contributed by atoms with Gasteiger partial charge in [-0.2, -0.15) is 0 Å². The molecule has 53 heavy (non-hydrogen) atoms. The molecule has 0 aromatic heterocycles.